The van der Waals surface area contributed by atoms with E-state index < -0.39 is 19.0 Å². The molecule has 0 aliphatic carbocycles. The Morgan fingerprint density at radius 3 is 2.55 bits per heavy atom. The maximum absolute atomic E-state index is 12.7. The molecule has 0 amide bonds. The summed E-state index contributed by atoms with van der Waals surface area (Å²) in [5, 5.41) is 3.24. The molecular weight excluding hydrogens is 276 g/mol. The molecule has 0 spiro atoms. The zero-order valence-corrected chi connectivity index (χ0v) is 11.4. The van der Waals surface area contributed by atoms with E-state index in [1.54, 1.807) is 6.07 Å². The van der Waals surface area contributed by atoms with Crippen LogP contribution in [0.3, 0.4) is 0 Å². The van der Waals surface area contributed by atoms with Gasteiger partial charge in [-0.05, 0) is 25.5 Å². The molecule has 0 aliphatic heterocycles. The second kappa shape index (κ2) is 7.42. The minimum Gasteiger partial charge on any atom is -0.471 e. The Labute approximate surface area is 115 Å². The lowest BCUT2D eigenvalue weighted by molar-refractivity contribution is -0.148. The molecule has 7 heteroatoms. The van der Waals surface area contributed by atoms with E-state index in [9.17, 15) is 17.6 Å². The molecule has 0 fully saturated rings. The third-order valence-electron chi connectivity index (χ3n) is 2.69. The summed E-state index contributed by atoms with van der Waals surface area (Å²) in [5.74, 6) is -4.27. The summed E-state index contributed by atoms with van der Waals surface area (Å²) >= 11 is 0. The maximum atomic E-state index is 12.7. The van der Waals surface area contributed by atoms with Gasteiger partial charge in [-0.1, -0.05) is 13.0 Å². The quantitative estimate of drug-likeness (QED) is 0.746. The van der Waals surface area contributed by atoms with Crippen molar-refractivity contribution in [2.45, 2.75) is 38.7 Å². The molecular formula is C13H18F4N2O. The molecule has 0 saturated heterocycles. The van der Waals surface area contributed by atoms with Gasteiger partial charge in [-0.3, -0.25) is 0 Å². The molecule has 114 valence electrons. The Morgan fingerprint density at radius 1 is 1.35 bits per heavy atom. The first kappa shape index (κ1) is 16.7. The topological polar surface area (TPSA) is 34.1 Å². The molecule has 1 rings (SSSR count). The number of pyridine rings is 1. The molecule has 0 bridgehead atoms. The van der Waals surface area contributed by atoms with Gasteiger partial charge in [0.2, 0.25) is 5.88 Å². The third kappa shape index (κ3) is 4.96. The highest BCUT2D eigenvalue weighted by atomic mass is 19.3. The second-order valence-corrected chi connectivity index (χ2v) is 4.46. The number of hydrogen-bond acceptors (Lipinski definition) is 3. The fourth-order valence-corrected chi connectivity index (χ4v) is 1.45. The van der Waals surface area contributed by atoms with E-state index in [0.29, 0.717) is 0 Å². The van der Waals surface area contributed by atoms with E-state index in [1.165, 1.54) is 12.3 Å². The maximum Gasteiger partial charge on any atom is 0.340 e. The van der Waals surface area contributed by atoms with Gasteiger partial charge in [-0.2, -0.15) is 8.78 Å². The van der Waals surface area contributed by atoms with Crippen LogP contribution in [0.4, 0.5) is 17.6 Å². The van der Waals surface area contributed by atoms with Crippen LogP contribution < -0.4 is 10.1 Å². The molecule has 3 nitrogen and oxygen atoms in total. The lowest BCUT2D eigenvalue weighted by Crippen LogP contribution is -2.33. The summed E-state index contributed by atoms with van der Waals surface area (Å²) in [4.78, 5) is 3.83. The fourth-order valence-electron chi connectivity index (χ4n) is 1.45. The van der Waals surface area contributed by atoms with E-state index in [0.717, 1.165) is 18.5 Å². The first-order chi connectivity index (χ1) is 9.36. The van der Waals surface area contributed by atoms with Gasteiger partial charge in [0, 0.05) is 18.3 Å². The number of halogens is 4. The highest BCUT2D eigenvalue weighted by Gasteiger charge is 2.41. The van der Waals surface area contributed by atoms with Crippen molar-refractivity contribution in [1.29, 1.82) is 0 Å². The molecule has 1 aromatic heterocycles. The van der Waals surface area contributed by atoms with Crippen molar-refractivity contribution in [3.63, 3.8) is 0 Å². The lowest BCUT2D eigenvalue weighted by Gasteiger charge is -2.16. The van der Waals surface area contributed by atoms with Gasteiger partial charge in [0.25, 0.3) is 0 Å². The number of rotatable bonds is 8. The Morgan fingerprint density at radius 2 is 2.05 bits per heavy atom. The largest absolute Gasteiger partial charge is 0.471 e. The zero-order valence-electron chi connectivity index (χ0n) is 11.4. The summed E-state index contributed by atoms with van der Waals surface area (Å²) in [6.07, 6.45) is -1.29. The van der Waals surface area contributed by atoms with Crippen molar-refractivity contribution in [2.75, 3.05) is 13.2 Å². The van der Waals surface area contributed by atoms with Crippen molar-refractivity contribution >= 4 is 0 Å². The third-order valence-corrected chi connectivity index (χ3v) is 2.69. The van der Waals surface area contributed by atoms with Crippen LogP contribution in [-0.2, 0) is 0 Å². The highest BCUT2D eigenvalue weighted by molar-refractivity contribution is 5.20. The van der Waals surface area contributed by atoms with E-state index in [4.69, 9.17) is 0 Å². The second-order valence-electron chi connectivity index (χ2n) is 4.46. The molecule has 0 aliphatic rings. The molecule has 0 aromatic carbocycles. The van der Waals surface area contributed by atoms with Crippen LogP contribution in [0.1, 0.15) is 31.9 Å². The van der Waals surface area contributed by atoms with Gasteiger partial charge in [0.15, 0.2) is 6.61 Å². The van der Waals surface area contributed by atoms with Crippen molar-refractivity contribution in [3.05, 3.63) is 23.9 Å². The predicted molar refractivity (Wildman–Crippen MR) is 67.4 cm³/mol. The summed E-state index contributed by atoms with van der Waals surface area (Å²) in [6, 6.07) is 3.12. The van der Waals surface area contributed by atoms with Gasteiger partial charge < -0.3 is 10.1 Å². The van der Waals surface area contributed by atoms with Gasteiger partial charge in [-0.25, -0.2) is 13.8 Å². The van der Waals surface area contributed by atoms with Crippen molar-refractivity contribution in [3.8, 4) is 5.88 Å². The van der Waals surface area contributed by atoms with Crippen molar-refractivity contribution < 1.29 is 22.3 Å². The molecule has 0 radical (unpaired) electrons. The molecule has 1 N–H and O–H groups in total. The molecule has 0 saturated carbocycles. The number of aromatic nitrogens is 1. The number of alkyl halides is 4. The highest BCUT2D eigenvalue weighted by Crippen LogP contribution is 2.24. The van der Waals surface area contributed by atoms with Crippen molar-refractivity contribution in [1.82, 2.24) is 10.3 Å². The monoisotopic (exact) mass is 294 g/mol. The van der Waals surface area contributed by atoms with Gasteiger partial charge >= 0.3 is 12.3 Å². The van der Waals surface area contributed by atoms with E-state index in [2.05, 4.69) is 15.0 Å². The van der Waals surface area contributed by atoms with Crippen LogP contribution in [-0.4, -0.2) is 30.5 Å². The Balaban J connectivity index is 2.54. The standard InChI is InChI=1S/C13H18F4N2O/c1-3-6-18-9(2)10-4-5-11(19-7-10)20-8-13(16,17)12(14)15/h4-5,7,9,12,18H,3,6,8H2,1-2H3. The Kier molecular flexibility index (Phi) is 6.19. The minimum absolute atomic E-state index is 0.0685. The lowest BCUT2D eigenvalue weighted by atomic mass is 10.1. The fraction of sp³-hybridized carbons (Fsp3) is 0.615. The number of ether oxygens (including phenoxy) is 1. The smallest absolute Gasteiger partial charge is 0.340 e. The normalized spacial score (nSPS) is 13.6. The zero-order chi connectivity index (χ0) is 15.2. The van der Waals surface area contributed by atoms with E-state index in [1.807, 2.05) is 13.8 Å². The summed E-state index contributed by atoms with van der Waals surface area (Å²) in [5.41, 5.74) is 0.867. The molecule has 1 atom stereocenters. The first-order valence-electron chi connectivity index (χ1n) is 6.35. The molecule has 1 heterocycles. The number of hydrogen-bond donors (Lipinski definition) is 1. The molecule has 1 unspecified atom stereocenters. The van der Waals surface area contributed by atoms with Crippen LogP contribution in [0.2, 0.25) is 0 Å². The molecule has 1 aromatic rings. The first-order valence-corrected chi connectivity index (χ1v) is 6.35. The summed E-state index contributed by atoms with van der Waals surface area (Å²) in [6.45, 7) is 3.44. The van der Waals surface area contributed by atoms with Gasteiger partial charge in [0.1, 0.15) is 0 Å². The van der Waals surface area contributed by atoms with Crippen molar-refractivity contribution in [2.24, 2.45) is 0 Å². The van der Waals surface area contributed by atoms with Crippen LogP contribution in [0.5, 0.6) is 5.88 Å². The van der Waals surface area contributed by atoms with Crippen LogP contribution in [0.25, 0.3) is 0 Å². The average molecular weight is 294 g/mol. The Hall–Kier alpha value is -1.37. The van der Waals surface area contributed by atoms with Gasteiger partial charge in [0.05, 0.1) is 0 Å². The Bertz CT molecular complexity index is 398. The van der Waals surface area contributed by atoms with Crippen LogP contribution in [0.15, 0.2) is 18.3 Å². The molecule has 20 heavy (non-hydrogen) atoms. The average Bonchev–Trinajstić information content (AvgIpc) is 2.43. The SMILES string of the molecule is CCCNC(C)c1ccc(OCC(F)(F)C(F)F)nc1. The van der Waals surface area contributed by atoms with Gasteiger partial charge in [-0.15, -0.1) is 0 Å². The summed E-state index contributed by atoms with van der Waals surface area (Å²) < 4.78 is 53.8. The number of nitrogens with one attached hydrogen (secondary N) is 1. The minimum atomic E-state index is -4.17. The predicted octanol–water partition coefficient (Wildman–Crippen LogP) is 3.42. The summed E-state index contributed by atoms with van der Waals surface area (Å²) in [7, 11) is 0. The number of nitrogens with zero attached hydrogens (tertiary/aromatic N) is 1. The van der Waals surface area contributed by atoms with Crippen LogP contribution in [0, 0.1) is 0 Å². The van der Waals surface area contributed by atoms with E-state index in [-0.39, 0.29) is 11.9 Å². The van der Waals surface area contributed by atoms with Crippen LogP contribution >= 0.6 is 0 Å². The van der Waals surface area contributed by atoms with E-state index >= 15 is 0 Å².